The van der Waals surface area contributed by atoms with Crippen LogP contribution in [0.2, 0.25) is 0 Å². The lowest BCUT2D eigenvalue weighted by atomic mass is 10.1. The Balaban J connectivity index is 3.36. The molecule has 0 saturated carbocycles. The number of hydrogen-bond acceptors (Lipinski definition) is 2. The molecular weight excluding hydrogens is 307 g/mol. The maximum atomic E-state index is 13.3. The van der Waals surface area contributed by atoms with Crippen molar-refractivity contribution in [2.45, 2.75) is 15.4 Å². The molecule has 9 heteroatoms. The third-order valence-electron chi connectivity index (χ3n) is 1.83. The highest BCUT2D eigenvalue weighted by Gasteiger charge is 2.54. The smallest absolute Gasteiger partial charge is 0.201 e. The fourth-order valence-electron chi connectivity index (χ4n) is 1.01. The maximum absolute atomic E-state index is 13.3. The van der Waals surface area contributed by atoms with E-state index in [1.807, 2.05) is 0 Å². The summed E-state index contributed by atoms with van der Waals surface area (Å²) in [5.74, 6) is -4.38. The summed E-state index contributed by atoms with van der Waals surface area (Å²) < 4.78 is 69.0. The predicted octanol–water partition coefficient (Wildman–Crippen LogP) is 3.54. The van der Waals surface area contributed by atoms with Gasteiger partial charge in [0.15, 0.2) is 0 Å². The van der Waals surface area contributed by atoms with Crippen LogP contribution in [0.1, 0.15) is 5.56 Å². The third kappa shape index (κ3) is 3.02. The zero-order valence-electron chi connectivity index (χ0n) is 7.80. The molecular formula is C8H4Cl2F4O2S. The minimum atomic E-state index is -5.17. The molecule has 17 heavy (non-hydrogen) atoms. The lowest BCUT2D eigenvalue weighted by molar-refractivity contribution is -0.0652. The van der Waals surface area contributed by atoms with Crippen LogP contribution in [-0.2, 0) is 16.1 Å². The van der Waals surface area contributed by atoms with Gasteiger partial charge in [0.2, 0.25) is 0 Å². The first kappa shape index (κ1) is 14.5. The van der Waals surface area contributed by atoms with Crippen LogP contribution in [0.5, 0.6) is 0 Å². The Hall–Kier alpha value is -0.530. The Morgan fingerprint density at radius 3 is 2.06 bits per heavy atom. The van der Waals surface area contributed by atoms with E-state index < -0.39 is 31.2 Å². The Bertz CT molecular complexity index is 525. The molecule has 1 aromatic carbocycles. The van der Waals surface area contributed by atoms with Gasteiger partial charge in [0.05, 0.1) is 4.90 Å². The highest BCUT2D eigenvalue weighted by molar-refractivity contribution is 7.86. The fraction of sp³-hybridized carbons (Fsp3) is 0.250. The van der Waals surface area contributed by atoms with Crippen LogP contribution < -0.4 is 0 Å². The average molecular weight is 311 g/mol. The summed E-state index contributed by atoms with van der Waals surface area (Å²) in [5, 5.41) is 0. The summed E-state index contributed by atoms with van der Waals surface area (Å²) in [6, 6.07) is 2.48. The van der Waals surface area contributed by atoms with Crippen LogP contribution in [-0.4, -0.2) is 13.0 Å². The molecule has 1 rings (SSSR count). The molecule has 0 heterocycles. The molecule has 0 atom stereocenters. The second-order valence-electron chi connectivity index (χ2n) is 3.04. The minimum Gasteiger partial charge on any atom is -0.201 e. The van der Waals surface area contributed by atoms with Gasteiger partial charge in [0, 0.05) is 5.56 Å². The van der Waals surface area contributed by atoms with E-state index in [4.69, 9.17) is 0 Å². The molecule has 0 bridgehead atoms. The van der Waals surface area contributed by atoms with Crippen molar-refractivity contribution in [3.05, 3.63) is 29.8 Å². The molecule has 0 amide bonds. The summed E-state index contributed by atoms with van der Waals surface area (Å²) in [4.78, 5) is -1.03. The van der Waals surface area contributed by atoms with Gasteiger partial charge in [0.25, 0.3) is 0 Å². The first-order valence-electron chi connectivity index (χ1n) is 3.96. The van der Waals surface area contributed by atoms with E-state index >= 15 is 0 Å². The summed E-state index contributed by atoms with van der Waals surface area (Å²) in [5.41, 5.74) is -1.15. The van der Waals surface area contributed by atoms with Gasteiger partial charge in [-0.3, -0.25) is 0 Å². The quantitative estimate of drug-likeness (QED) is 0.486. The largest absolute Gasteiger partial charge is 0.334 e. The van der Waals surface area contributed by atoms with Crippen molar-refractivity contribution >= 4 is 33.4 Å². The van der Waals surface area contributed by atoms with E-state index in [1.165, 1.54) is 0 Å². The summed E-state index contributed by atoms with van der Waals surface area (Å²) in [6.07, 6.45) is 0. The molecule has 2 nitrogen and oxygen atoms in total. The Morgan fingerprint density at radius 1 is 1.12 bits per heavy atom. The molecule has 0 saturated heterocycles. The molecule has 0 aliphatic carbocycles. The molecule has 0 fully saturated rings. The number of halogens is 6. The first-order valence-corrected chi connectivity index (χ1v) is 6.10. The summed E-state index contributed by atoms with van der Waals surface area (Å²) in [6.45, 7) is 0. The van der Waals surface area contributed by atoms with Crippen LogP contribution in [0.15, 0.2) is 29.2 Å². The molecule has 0 unspecified atom stereocenters. The Morgan fingerprint density at radius 2 is 1.65 bits per heavy atom. The third-order valence-corrected chi connectivity index (χ3v) is 3.13. The van der Waals surface area contributed by atoms with Gasteiger partial charge in [-0.05, 0) is 12.1 Å². The standard InChI is InChI=1S/C8H4Cl2F4O2S/c9-8(10,13)7(11,12)5-2-1-3-6(4-5)17(14,15)16/h1-4H. The van der Waals surface area contributed by atoms with Crippen LogP contribution in [0.4, 0.5) is 17.1 Å². The number of hydrogen-bond donors (Lipinski definition) is 0. The van der Waals surface area contributed by atoms with Crippen LogP contribution in [0.25, 0.3) is 0 Å². The van der Waals surface area contributed by atoms with Gasteiger partial charge in [-0.25, -0.2) is 4.39 Å². The van der Waals surface area contributed by atoms with Gasteiger partial charge >= 0.3 is 20.7 Å². The average Bonchev–Trinajstić information content (AvgIpc) is 2.15. The monoisotopic (exact) mass is 310 g/mol. The van der Waals surface area contributed by atoms with Crippen molar-refractivity contribution in [2.75, 3.05) is 0 Å². The normalized spacial score (nSPS) is 13.8. The van der Waals surface area contributed by atoms with Gasteiger partial charge < -0.3 is 0 Å². The SMILES string of the molecule is O=S(=O)(F)c1cccc(C(F)(F)C(F)(Cl)Cl)c1. The van der Waals surface area contributed by atoms with Crippen LogP contribution in [0, 0.1) is 0 Å². The Labute approximate surface area is 104 Å². The second kappa shape index (κ2) is 4.29. The topological polar surface area (TPSA) is 34.1 Å². The fourth-order valence-corrected chi connectivity index (χ4v) is 1.73. The van der Waals surface area contributed by atoms with E-state index in [-0.39, 0.29) is 6.07 Å². The first-order chi connectivity index (χ1) is 7.46. The molecule has 0 N–H and O–H groups in total. The lowest BCUT2D eigenvalue weighted by Gasteiger charge is -2.22. The highest BCUT2D eigenvalue weighted by atomic mass is 35.5. The molecule has 0 radical (unpaired) electrons. The zero-order valence-corrected chi connectivity index (χ0v) is 10.1. The van der Waals surface area contributed by atoms with Crippen molar-refractivity contribution < 1.29 is 25.5 Å². The van der Waals surface area contributed by atoms with E-state index in [2.05, 4.69) is 23.2 Å². The molecule has 0 aliphatic heterocycles. The van der Waals surface area contributed by atoms with E-state index in [0.717, 1.165) is 12.1 Å². The molecule has 96 valence electrons. The van der Waals surface area contributed by atoms with Crippen molar-refractivity contribution in [3.8, 4) is 0 Å². The molecule has 0 aromatic heterocycles. The van der Waals surface area contributed by atoms with E-state index in [0.29, 0.717) is 6.07 Å². The van der Waals surface area contributed by atoms with Crippen molar-refractivity contribution in [1.29, 1.82) is 0 Å². The number of rotatable bonds is 3. The van der Waals surface area contributed by atoms with Crippen molar-refractivity contribution in [1.82, 2.24) is 0 Å². The van der Waals surface area contributed by atoms with Gasteiger partial charge in [-0.15, -0.1) is 3.89 Å². The highest BCUT2D eigenvalue weighted by Crippen LogP contribution is 2.47. The summed E-state index contributed by atoms with van der Waals surface area (Å²) in [7, 11) is -5.17. The van der Waals surface area contributed by atoms with Crippen LogP contribution >= 0.6 is 23.2 Å². The van der Waals surface area contributed by atoms with Gasteiger partial charge in [-0.1, -0.05) is 35.3 Å². The van der Waals surface area contributed by atoms with Crippen LogP contribution in [0.3, 0.4) is 0 Å². The van der Waals surface area contributed by atoms with Crippen molar-refractivity contribution in [3.63, 3.8) is 0 Å². The molecule has 0 spiro atoms. The van der Waals surface area contributed by atoms with E-state index in [9.17, 15) is 25.5 Å². The zero-order chi connectivity index (χ0) is 13.5. The predicted molar refractivity (Wildman–Crippen MR) is 54.2 cm³/mol. The maximum Gasteiger partial charge on any atom is 0.334 e. The lowest BCUT2D eigenvalue weighted by Crippen LogP contribution is -2.31. The number of benzene rings is 1. The minimum absolute atomic E-state index is 0.258. The number of alkyl halides is 5. The molecule has 0 aliphatic rings. The van der Waals surface area contributed by atoms with Gasteiger partial charge in [-0.2, -0.15) is 17.2 Å². The van der Waals surface area contributed by atoms with Gasteiger partial charge in [0.1, 0.15) is 0 Å². The Kier molecular flexibility index (Phi) is 3.67. The van der Waals surface area contributed by atoms with E-state index in [1.54, 1.807) is 0 Å². The summed E-state index contributed by atoms with van der Waals surface area (Å²) >= 11 is 9.26. The second-order valence-corrected chi connectivity index (χ2v) is 5.62. The molecule has 1 aromatic rings. The van der Waals surface area contributed by atoms with Crippen molar-refractivity contribution in [2.24, 2.45) is 0 Å².